The molecular weight excluding hydrogens is 224 g/mol. The van der Waals surface area contributed by atoms with Crippen molar-refractivity contribution in [3.8, 4) is 0 Å². The minimum atomic E-state index is -0.447. The monoisotopic (exact) mass is 242 g/mol. The maximum atomic E-state index is 11.9. The zero-order valence-electron chi connectivity index (χ0n) is 10.0. The van der Waals surface area contributed by atoms with Gasteiger partial charge in [-0.3, -0.25) is 0 Å². The third kappa shape index (κ3) is 3.91. The zero-order valence-corrected chi connectivity index (χ0v) is 10.8. The number of carbonyl (C=O) groups excluding carboxylic acids is 1. The Morgan fingerprint density at radius 2 is 2.31 bits per heavy atom. The topological polar surface area (TPSA) is 41.9 Å². The van der Waals surface area contributed by atoms with Crippen LogP contribution in [0, 0.1) is 0 Å². The molecule has 1 fully saturated rings. The third-order valence-corrected chi connectivity index (χ3v) is 2.50. The summed E-state index contributed by atoms with van der Waals surface area (Å²) in [6, 6.07) is 0.116. The van der Waals surface area contributed by atoms with Gasteiger partial charge in [-0.05, 0) is 45.8 Å². The van der Waals surface area contributed by atoms with Crippen molar-refractivity contribution < 1.29 is 9.53 Å². The molecule has 0 aromatic heterocycles. The largest absolute Gasteiger partial charge is 0.444 e. The number of aliphatic imine (C=N–C) groups is 1. The number of hydrogen-bond donors (Lipinski definition) is 0. The summed E-state index contributed by atoms with van der Waals surface area (Å²) in [5.41, 5.74) is -0.447. The molecule has 1 aliphatic heterocycles. The maximum absolute atomic E-state index is 11.9. The molecule has 1 heterocycles. The van der Waals surface area contributed by atoms with Gasteiger partial charge in [0.15, 0.2) is 0 Å². The van der Waals surface area contributed by atoms with Crippen molar-refractivity contribution in [3.63, 3.8) is 0 Å². The standard InChI is InChI=1S/C11H18N2O2S/c1-11(2,3)15-10(14)13-6-4-5-9(13)7-12-8-16/h9H,4-7H2,1-3H3/t9-/m1/s1. The summed E-state index contributed by atoms with van der Waals surface area (Å²) >= 11 is 4.53. The van der Waals surface area contributed by atoms with Gasteiger partial charge in [0, 0.05) is 6.54 Å². The second-order valence-electron chi connectivity index (χ2n) is 4.90. The maximum Gasteiger partial charge on any atom is 0.410 e. The van der Waals surface area contributed by atoms with E-state index in [9.17, 15) is 4.79 Å². The predicted octanol–water partition coefficient (Wildman–Crippen LogP) is 2.49. The lowest BCUT2D eigenvalue weighted by Crippen LogP contribution is -2.41. The molecule has 1 atom stereocenters. The molecular formula is C11H18N2O2S. The fourth-order valence-electron chi connectivity index (χ4n) is 1.73. The summed E-state index contributed by atoms with van der Waals surface area (Å²) in [6.07, 6.45) is 1.70. The molecule has 90 valence electrons. The minimum absolute atomic E-state index is 0.116. The Balaban J connectivity index is 2.57. The first-order valence-corrected chi connectivity index (χ1v) is 5.88. The van der Waals surface area contributed by atoms with Gasteiger partial charge in [-0.15, -0.1) is 0 Å². The number of nitrogens with zero attached hydrogens (tertiary/aromatic N) is 2. The second kappa shape index (κ2) is 5.41. The number of rotatable bonds is 2. The molecule has 1 aliphatic rings. The van der Waals surface area contributed by atoms with Crippen molar-refractivity contribution >= 4 is 23.5 Å². The molecule has 0 radical (unpaired) electrons. The lowest BCUT2D eigenvalue weighted by Gasteiger charge is -2.27. The normalized spacial score (nSPS) is 20.4. The van der Waals surface area contributed by atoms with Crippen LogP contribution in [0.4, 0.5) is 4.79 Å². The molecule has 0 spiro atoms. The predicted molar refractivity (Wildman–Crippen MR) is 65.9 cm³/mol. The van der Waals surface area contributed by atoms with Crippen LogP contribution in [0.3, 0.4) is 0 Å². The number of isothiocyanates is 1. The SMILES string of the molecule is CC(C)(C)OC(=O)N1CCC[C@@H]1CN=C=S. The van der Waals surface area contributed by atoms with Crippen LogP contribution >= 0.6 is 12.2 Å². The molecule has 1 saturated heterocycles. The number of ether oxygens (including phenoxy) is 1. The molecule has 16 heavy (non-hydrogen) atoms. The molecule has 5 heteroatoms. The molecule has 0 unspecified atom stereocenters. The number of amides is 1. The molecule has 0 bridgehead atoms. The van der Waals surface area contributed by atoms with Gasteiger partial charge in [0.05, 0.1) is 17.7 Å². The summed E-state index contributed by atoms with van der Waals surface area (Å²) in [6.45, 7) is 6.87. The Morgan fingerprint density at radius 1 is 1.62 bits per heavy atom. The van der Waals surface area contributed by atoms with Crippen LogP contribution < -0.4 is 0 Å². The van der Waals surface area contributed by atoms with Crippen LogP contribution in [0.1, 0.15) is 33.6 Å². The van der Waals surface area contributed by atoms with Crippen LogP contribution in [0.25, 0.3) is 0 Å². The van der Waals surface area contributed by atoms with Crippen LogP contribution in [-0.4, -0.2) is 40.9 Å². The Bertz CT molecular complexity index is 306. The highest BCUT2D eigenvalue weighted by atomic mass is 32.1. The first kappa shape index (κ1) is 13.1. The van der Waals surface area contributed by atoms with Crippen molar-refractivity contribution in [1.82, 2.24) is 4.90 Å². The van der Waals surface area contributed by atoms with E-state index >= 15 is 0 Å². The minimum Gasteiger partial charge on any atom is -0.444 e. The van der Waals surface area contributed by atoms with E-state index in [0.29, 0.717) is 6.54 Å². The van der Waals surface area contributed by atoms with E-state index < -0.39 is 5.60 Å². The highest BCUT2D eigenvalue weighted by Gasteiger charge is 2.31. The Hall–Kier alpha value is -0.930. The average molecular weight is 242 g/mol. The molecule has 4 nitrogen and oxygen atoms in total. The van der Waals surface area contributed by atoms with Crippen LogP contribution in [0.15, 0.2) is 4.99 Å². The Labute approximate surface area is 102 Å². The highest BCUT2D eigenvalue weighted by molar-refractivity contribution is 7.78. The number of thiocarbonyl (C=S) groups is 1. The Kier molecular flexibility index (Phi) is 4.44. The van der Waals surface area contributed by atoms with Gasteiger partial charge >= 0.3 is 6.09 Å². The molecule has 0 aromatic carbocycles. The summed E-state index contributed by atoms with van der Waals surface area (Å²) < 4.78 is 5.33. The fourth-order valence-corrected chi connectivity index (χ4v) is 1.80. The number of hydrogen-bond acceptors (Lipinski definition) is 4. The van der Waals surface area contributed by atoms with E-state index in [1.807, 2.05) is 20.8 Å². The third-order valence-electron chi connectivity index (χ3n) is 2.37. The molecule has 0 N–H and O–H groups in total. The summed E-state index contributed by atoms with van der Waals surface area (Å²) in [5.74, 6) is 0. The first-order chi connectivity index (χ1) is 7.44. The lowest BCUT2D eigenvalue weighted by molar-refractivity contribution is 0.0233. The van der Waals surface area contributed by atoms with E-state index in [1.54, 1.807) is 4.90 Å². The number of carbonyl (C=O) groups is 1. The lowest BCUT2D eigenvalue weighted by atomic mass is 10.2. The fraction of sp³-hybridized carbons (Fsp3) is 0.818. The summed E-state index contributed by atoms with van der Waals surface area (Å²) in [4.78, 5) is 17.5. The van der Waals surface area contributed by atoms with Crippen molar-refractivity contribution in [3.05, 3.63) is 0 Å². The van der Waals surface area contributed by atoms with E-state index in [1.165, 1.54) is 0 Å². The summed E-state index contributed by atoms with van der Waals surface area (Å²) in [7, 11) is 0. The number of likely N-dealkylation sites (tertiary alicyclic amines) is 1. The first-order valence-electron chi connectivity index (χ1n) is 5.47. The average Bonchev–Trinajstić information content (AvgIpc) is 2.59. The van der Waals surface area contributed by atoms with Crippen molar-refractivity contribution in [2.24, 2.45) is 4.99 Å². The van der Waals surface area contributed by atoms with Crippen LogP contribution in [0.5, 0.6) is 0 Å². The van der Waals surface area contributed by atoms with E-state index in [2.05, 4.69) is 22.4 Å². The van der Waals surface area contributed by atoms with Gasteiger partial charge in [0.25, 0.3) is 0 Å². The summed E-state index contributed by atoms with van der Waals surface area (Å²) in [5, 5.41) is 2.33. The van der Waals surface area contributed by atoms with Gasteiger partial charge in [0.2, 0.25) is 0 Å². The van der Waals surface area contributed by atoms with Gasteiger partial charge < -0.3 is 9.64 Å². The zero-order chi connectivity index (χ0) is 12.2. The second-order valence-corrected chi connectivity index (χ2v) is 5.08. The van der Waals surface area contributed by atoms with Crippen molar-refractivity contribution in [2.45, 2.75) is 45.3 Å². The van der Waals surface area contributed by atoms with Crippen molar-refractivity contribution in [1.29, 1.82) is 0 Å². The van der Waals surface area contributed by atoms with E-state index in [-0.39, 0.29) is 12.1 Å². The molecule has 0 aromatic rings. The van der Waals surface area contributed by atoms with Gasteiger partial charge in [0.1, 0.15) is 5.60 Å². The van der Waals surface area contributed by atoms with E-state index in [4.69, 9.17) is 4.74 Å². The molecule has 1 amide bonds. The quantitative estimate of drug-likeness (QED) is 0.552. The molecule has 0 saturated carbocycles. The van der Waals surface area contributed by atoms with Crippen LogP contribution in [0.2, 0.25) is 0 Å². The molecule has 0 aliphatic carbocycles. The van der Waals surface area contributed by atoms with Gasteiger partial charge in [-0.1, -0.05) is 0 Å². The van der Waals surface area contributed by atoms with Gasteiger partial charge in [-0.2, -0.15) is 0 Å². The van der Waals surface area contributed by atoms with Crippen molar-refractivity contribution in [2.75, 3.05) is 13.1 Å². The molecule has 1 rings (SSSR count). The van der Waals surface area contributed by atoms with Gasteiger partial charge in [-0.25, -0.2) is 9.79 Å². The van der Waals surface area contributed by atoms with Crippen LogP contribution in [-0.2, 0) is 4.74 Å². The highest BCUT2D eigenvalue weighted by Crippen LogP contribution is 2.20. The smallest absolute Gasteiger partial charge is 0.410 e. The van der Waals surface area contributed by atoms with E-state index in [0.717, 1.165) is 19.4 Å². The Morgan fingerprint density at radius 3 is 2.88 bits per heavy atom.